The molecule has 0 amide bonds. The number of methoxy groups -OCH3 is 1. The van der Waals surface area contributed by atoms with Crippen LogP contribution in [0.4, 0.5) is 0 Å². The zero-order chi connectivity index (χ0) is 17.6. The number of benzene rings is 2. The summed E-state index contributed by atoms with van der Waals surface area (Å²) < 4.78 is 10.8. The van der Waals surface area contributed by atoms with Crippen LogP contribution in [0.3, 0.4) is 0 Å². The highest BCUT2D eigenvalue weighted by Gasteiger charge is 2.14. The fourth-order valence-corrected chi connectivity index (χ4v) is 2.63. The van der Waals surface area contributed by atoms with Crippen LogP contribution in [0.15, 0.2) is 53.1 Å². The van der Waals surface area contributed by atoms with Crippen molar-refractivity contribution in [2.75, 3.05) is 7.11 Å². The molecule has 1 atom stereocenters. The molecule has 5 nitrogen and oxygen atoms in total. The lowest BCUT2D eigenvalue weighted by Gasteiger charge is -2.11. The average molecular weight is 337 g/mol. The molecule has 3 rings (SSSR count). The number of nitrogens with one attached hydrogen (secondary N) is 1. The van der Waals surface area contributed by atoms with Crippen molar-refractivity contribution in [3.63, 3.8) is 0 Å². The molecule has 1 unspecified atom stereocenters. The molecule has 0 aliphatic heterocycles. The van der Waals surface area contributed by atoms with Crippen LogP contribution in [-0.2, 0) is 13.0 Å². The number of hydrogen-bond donors (Lipinski definition) is 1. The molecule has 0 radical (unpaired) electrons. The summed E-state index contributed by atoms with van der Waals surface area (Å²) in [5, 5.41) is 7.49. The summed E-state index contributed by atoms with van der Waals surface area (Å²) in [7, 11) is 1.69. The molecule has 0 saturated carbocycles. The number of rotatable bonds is 7. The Kier molecular flexibility index (Phi) is 5.46. The van der Waals surface area contributed by atoms with Crippen LogP contribution in [0.25, 0.3) is 0 Å². The SMILES string of the molecule is COc1cc(CNC(C)c2nc(Cc3ccccc3)no2)ccc1C. The summed E-state index contributed by atoms with van der Waals surface area (Å²) >= 11 is 0. The topological polar surface area (TPSA) is 60.2 Å². The van der Waals surface area contributed by atoms with Gasteiger partial charge in [-0.3, -0.25) is 0 Å². The van der Waals surface area contributed by atoms with E-state index < -0.39 is 0 Å². The van der Waals surface area contributed by atoms with Crippen LogP contribution in [0.5, 0.6) is 5.75 Å². The van der Waals surface area contributed by atoms with Gasteiger partial charge in [-0.05, 0) is 36.6 Å². The second-order valence-electron chi connectivity index (χ2n) is 6.12. The quantitative estimate of drug-likeness (QED) is 0.710. The summed E-state index contributed by atoms with van der Waals surface area (Å²) in [5.41, 5.74) is 3.45. The minimum Gasteiger partial charge on any atom is -0.496 e. The first kappa shape index (κ1) is 17.2. The van der Waals surface area contributed by atoms with Crippen LogP contribution in [0, 0.1) is 6.92 Å². The highest BCUT2D eigenvalue weighted by atomic mass is 16.5. The van der Waals surface area contributed by atoms with Crippen molar-refractivity contribution in [3.8, 4) is 5.75 Å². The second-order valence-corrected chi connectivity index (χ2v) is 6.12. The number of hydrogen-bond acceptors (Lipinski definition) is 5. The van der Waals surface area contributed by atoms with E-state index in [0.717, 1.165) is 16.9 Å². The molecule has 3 aromatic rings. The Labute approximate surface area is 148 Å². The van der Waals surface area contributed by atoms with Crippen LogP contribution in [-0.4, -0.2) is 17.3 Å². The summed E-state index contributed by atoms with van der Waals surface area (Å²) in [6, 6.07) is 16.3. The highest BCUT2D eigenvalue weighted by Crippen LogP contribution is 2.20. The van der Waals surface area contributed by atoms with E-state index in [1.54, 1.807) is 7.11 Å². The third-order valence-electron chi connectivity index (χ3n) is 4.14. The van der Waals surface area contributed by atoms with E-state index >= 15 is 0 Å². The van der Waals surface area contributed by atoms with Crippen molar-refractivity contribution in [2.24, 2.45) is 0 Å². The summed E-state index contributed by atoms with van der Waals surface area (Å²) in [6.07, 6.45) is 0.673. The lowest BCUT2D eigenvalue weighted by Crippen LogP contribution is -2.18. The number of aryl methyl sites for hydroxylation is 1. The number of nitrogens with zero attached hydrogens (tertiary/aromatic N) is 2. The van der Waals surface area contributed by atoms with Crippen molar-refractivity contribution >= 4 is 0 Å². The van der Waals surface area contributed by atoms with E-state index in [1.807, 2.05) is 38.1 Å². The van der Waals surface area contributed by atoms with Gasteiger partial charge in [0.1, 0.15) is 5.75 Å². The van der Waals surface area contributed by atoms with Gasteiger partial charge in [0.2, 0.25) is 5.89 Å². The molecule has 1 aromatic heterocycles. The van der Waals surface area contributed by atoms with Crippen molar-refractivity contribution in [1.29, 1.82) is 0 Å². The zero-order valence-corrected chi connectivity index (χ0v) is 14.8. The van der Waals surface area contributed by atoms with E-state index in [1.165, 1.54) is 5.56 Å². The first-order chi connectivity index (χ1) is 12.2. The van der Waals surface area contributed by atoms with Gasteiger partial charge in [-0.25, -0.2) is 0 Å². The van der Waals surface area contributed by atoms with Gasteiger partial charge in [0, 0.05) is 13.0 Å². The molecule has 0 spiro atoms. The third-order valence-corrected chi connectivity index (χ3v) is 4.14. The van der Waals surface area contributed by atoms with E-state index in [2.05, 4.69) is 39.7 Å². The average Bonchev–Trinajstić information content (AvgIpc) is 3.10. The fourth-order valence-electron chi connectivity index (χ4n) is 2.63. The molecular weight excluding hydrogens is 314 g/mol. The van der Waals surface area contributed by atoms with Crippen molar-refractivity contribution in [2.45, 2.75) is 32.9 Å². The normalized spacial score (nSPS) is 12.1. The van der Waals surface area contributed by atoms with Gasteiger partial charge in [-0.15, -0.1) is 0 Å². The lowest BCUT2D eigenvalue weighted by molar-refractivity contribution is 0.336. The maximum absolute atomic E-state index is 5.40. The van der Waals surface area contributed by atoms with E-state index in [4.69, 9.17) is 9.26 Å². The van der Waals surface area contributed by atoms with Gasteiger partial charge in [0.05, 0.1) is 13.2 Å². The van der Waals surface area contributed by atoms with Gasteiger partial charge in [-0.2, -0.15) is 4.98 Å². The Bertz CT molecular complexity index is 815. The maximum Gasteiger partial charge on any atom is 0.243 e. The van der Waals surface area contributed by atoms with Crippen molar-refractivity contribution in [3.05, 3.63) is 76.9 Å². The van der Waals surface area contributed by atoms with Gasteiger partial charge in [-0.1, -0.05) is 47.6 Å². The van der Waals surface area contributed by atoms with Gasteiger partial charge >= 0.3 is 0 Å². The molecule has 130 valence electrons. The van der Waals surface area contributed by atoms with Crippen molar-refractivity contribution in [1.82, 2.24) is 15.5 Å². The summed E-state index contributed by atoms with van der Waals surface area (Å²) in [5.74, 6) is 2.20. The van der Waals surface area contributed by atoms with E-state index in [0.29, 0.717) is 24.7 Å². The largest absolute Gasteiger partial charge is 0.496 e. The van der Waals surface area contributed by atoms with Crippen LogP contribution >= 0.6 is 0 Å². The molecule has 0 fully saturated rings. The Balaban J connectivity index is 1.59. The molecule has 0 aliphatic carbocycles. The molecule has 0 saturated heterocycles. The Hall–Kier alpha value is -2.66. The van der Waals surface area contributed by atoms with Crippen LogP contribution < -0.4 is 10.1 Å². The Morgan fingerprint density at radius 3 is 2.68 bits per heavy atom. The maximum atomic E-state index is 5.40. The molecule has 2 aromatic carbocycles. The molecule has 0 aliphatic rings. The molecule has 25 heavy (non-hydrogen) atoms. The minimum absolute atomic E-state index is 0.0238. The zero-order valence-electron chi connectivity index (χ0n) is 14.8. The fraction of sp³-hybridized carbons (Fsp3) is 0.300. The monoisotopic (exact) mass is 337 g/mol. The van der Waals surface area contributed by atoms with Crippen LogP contribution in [0.1, 0.15) is 41.4 Å². The lowest BCUT2D eigenvalue weighted by atomic mass is 10.1. The standard InChI is InChI=1S/C20H23N3O2/c1-14-9-10-17(11-18(14)24-3)13-21-15(2)20-22-19(23-25-20)12-16-7-5-4-6-8-16/h4-11,15,21H,12-13H2,1-3H3. The molecular formula is C20H23N3O2. The first-order valence-electron chi connectivity index (χ1n) is 8.39. The third kappa shape index (κ3) is 4.45. The molecule has 1 heterocycles. The predicted octanol–water partition coefficient (Wildman–Crippen LogP) is 3.83. The first-order valence-corrected chi connectivity index (χ1v) is 8.39. The predicted molar refractivity (Wildman–Crippen MR) is 96.5 cm³/mol. The van der Waals surface area contributed by atoms with E-state index in [9.17, 15) is 0 Å². The van der Waals surface area contributed by atoms with Crippen molar-refractivity contribution < 1.29 is 9.26 Å². The Morgan fingerprint density at radius 2 is 1.92 bits per heavy atom. The highest BCUT2D eigenvalue weighted by molar-refractivity contribution is 5.36. The van der Waals surface area contributed by atoms with Gasteiger partial charge in [0.15, 0.2) is 5.82 Å². The molecule has 1 N–H and O–H groups in total. The Morgan fingerprint density at radius 1 is 1.12 bits per heavy atom. The van der Waals surface area contributed by atoms with Crippen LogP contribution in [0.2, 0.25) is 0 Å². The molecule has 5 heteroatoms. The summed E-state index contributed by atoms with van der Waals surface area (Å²) in [6.45, 7) is 4.75. The summed E-state index contributed by atoms with van der Waals surface area (Å²) in [4.78, 5) is 4.50. The molecule has 0 bridgehead atoms. The number of ether oxygens (including phenoxy) is 1. The second kappa shape index (κ2) is 7.94. The number of aromatic nitrogens is 2. The van der Waals surface area contributed by atoms with Gasteiger partial charge in [0.25, 0.3) is 0 Å². The van der Waals surface area contributed by atoms with Gasteiger partial charge < -0.3 is 14.6 Å². The smallest absolute Gasteiger partial charge is 0.243 e. The van der Waals surface area contributed by atoms with E-state index in [-0.39, 0.29) is 6.04 Å². The minimum atomic E-state index is -0.0238.